The second-order valence-corrected chi connectivity index (χ2v) is 6.56. The lowest BCUT2D eigenvalue weighted by molar-refractivity contribution is -0.137. The first-order valence-corrected chi connectivity index (χ1v) is 8.96. The summed E-state index contributed by atoms with van der Waals surface area (Å²) in [5.74, 6) is 0.0312. The van der Waals surface area contributed by atoms with Gasteiger partial charge in [0.15, 0.2) is 0 Å². The summed E-state index contributed by atoms with van der Waals surface area (Å²) in [6, 6.07) is 5.02. The Balaban J connectivity index is 1.71. The van der Waals surface area contributed by atoms with Crippen LogP contribution in [-0.4, -0.2) is 33.4 Å². The molecule has 1 N–H and O–H groups in total. The van der Waals surface area contributed by atoms with Crippen LogP contribution in [0.15, 0.2) is 36.7 Å². The molecule has 3 rings (SSSR count). The van der Waals surface area contributed by atoms with Gasteiger partial charge in [-0.1, -0.05) is 13.0 Å². The van der Waals surface area contributed by atoms with Gasteiger partial charge < -0.3 is 10.2 Å². The Morgan fingerprint density at radius 3 is 2.67 bits per heavy atom. The zero-order valence-corrected chi connectivity index (χ0v) is 15.0. The molecule has 1 amide bonds. The standard InChI is InChI=1S/C19H21F3N4O/c1-2-16-8-3-4-9-26(16)17(27)13-11-23-18(24-12-13)25-15-7-5-6-14(10-15)19(20,21)22/h5-7,10-12,16H,2-4,8-9H2,1H3,(H,23,24,25). The van der Waals surface area contributed by atoms with Gasteiger partial charge in [-0.25, -0.2) is 9.97 Å². The van der Waals surface area contributed by atoms with E-state index in [2.05, 4.69) is 22.2 Å². The topological polar surface area (TPSA) is 58.1 Å². The molecule has 0 aliphatic carbocycles. The molecule has 0 radical (unpaired) electrons. The fourth-order valence-corrected chi connectivity index (χ4v) is 3.26. The number of piperidine rings is 1. The van der Waals surface area contributed by atoms with Gasteiger partial charge in [-0.05, 0) is 43.9 Å². The Morgan fingerprint density at radius 1 is 1.26 bits per heavy atom. The fourth-order valence-electron chi connectivity index (χ4n) is 3.26. The number of amides is 1. The van der Waals surface area contributed by atoms with E-state index in [1.165, 1.54) is 24.5 Å². The van der Waals surface area contributed by atoms with E-state index in [1.54, 1.807) is 0 Å². The highest BCUT2D eigenvalue weighted by atomic mass is 19.4. The Kier molecular flexibility index (Phi) is 5.62. The van der Waals surface area contributed by atoms with Crippen LogP contribution in [0.1, 0.15) is 48.5 Å². The molecule has 0 bridgehead atoms. The van der Waals surface area contributed by atoms with Gasteiger partial charge >= 0.3 is 6.18 Å². The van der Waals surface area contributed by atoms with Crippen molar-refractivity contribution < 1.29 is 18.0 Å². The molecule has 0 saturated carbocycles. The van der Waals surface area contributed by atoms with Crippen molar-refractivity contribution in [2.45, 2.75) is 44.8 Å². The third kappa shape index (κ3) is 4.56. The predicted molar refractivity (Wildman–Crippen MR) is 95.7 cm³/mol. The smallest absolute Gasteiger partial charge is 0.336 e. The molecule has 1 saturated heterocycles. The summed E-state index contributed by atoms with van der Waals surface area (Å²) in [5.41, 5.74) is -0.147. The van der Waals surface area contributed by atoms with E-state index in [0.29, 0.717) is 5.56 Å². The molecule has 144 valence electrons. The van der Waals surface area contributed by atoms with E-state index < -0.39 is 11.7 Å². The molecule has 5 nitrogen and oxygen atoms in total. The summed E-state index contributed by atoms with van der Waals surface area (Å²) in [4.78, 5) is 22.7. The molecule has 0 spiro atoms. The summed E-state index contributed by atoms with van der Waals surface area (Å²) in [6.07, 6.45) is 2.41. The van der Waals surface area contributed by atoms with Crippen molar-refractivity contribution in [1.82, 2.24) is 14.9 Å². The molecule has 2 aromatic rings. The Morgan fingerprint density at radius 2 is 2.00 bits per heavy atom. The summed E-state index contributed by atoms with van der Waals surface area (Å²) in [5, 5.41) is 2.73. The van der Waals surface area contributed by atoms with Crippen LogP contribution in [0.2, 0.25) is 0 Å². The molecular formula is C19H21F3N4O. The molecule has 27 heavy (non-hydrogen) atoms. The normalized spacial score (nSPS) is 17.6. The second kappa shape index (κ2) is 7.94. The van der Waals surface area contributed by atoms with Gasteiger partial charge in [0.2, 0.25) is 5.95 Å². The Labute approximate surface area is 155 Å². The van der Waals surface area contributed by atoms with E-state index >= 15 is 0 Å². The maximum atomic E-state index is 12.8. The molecule has 1 aromatic carbocycles. The molecule has 1 unspecified atom stereocenters. The number of aromatic nitrogens is 2. The lowest BCUT2D eigenvalue weighted by Crippen LogP contribution is -2.43. The zero-order chi connectivity index (χ0) is 19.4. The van der Waals surface area contributed by atoms with E-state index in [4.69, 9.17) is 0 Å². The van der Waals surface area contributed by atoms with Crippen LogP contribution in [0.4, 0.5) is 24.8 Å². The van der Waals surface area contributed by atoms with Crippen molar-refractivity contribution >= 4 is 17.5 Å². The molecule has 1 aliphatic heterocycles. The van der Waals surface area contributed by atoms with Crippen LogP contribution in [0.3, 0.4) is 0 Å². The molecule has 1 atom stereocenters. The van der Waals surface area contributed by atoms with E-state index in [9.17, 15) is 18.0 Å². The molecule has 1 fully saturated rings. The van der Waals surface area contributed by atoms with Crippen LogP contribution >= 0.6 is 0 Å². The minimum absolute atomic E-state index is 0.104. The van der Waals surface area contributed by atoms with Crippen molar-refractivity contribution in [1.29, 1.82) is 0 Å². The largest absolute Gasteiger partial charge is 0.416 e. The average Bonchev–Trinajstić information content (AvgIpc) is 2.67. The number of alkyl halides is 3. The van der Waals surface area contributed by atoms with Crippen LogP contribution in [0.25, 0.3) is 0 Å². The van der Waals surface area contributed by atoms with Crippen molar-refractivity contribution in [3.8, 4) is 0 Å². The van der Waals surface area contributed by atoms with Crippen molar-refractivity contribution in [3.63, 3.8) is 0 Å². The number of carbonyl (C=O) groups excluding carboxylic acids is 1. The van der Waals surface area contributed by atoms with Crippen LogP contribution in [-0.2, 0) is 6.18 Å². The number of rotatable bonds is 4. The zero-order valence-electron chi connectivity index (χ0n) is 15.0. The summed E-state index contributed by atoms with van der Waals surface area (Å²) in [6.45, 7) is 2.79. The van der Waals surface area contributed by atoms with Crippen molar-refractivity contribution in [2.75, 3.05) is 11.9 Å². The fraction of sp³-hybridized carbons (Fsp3) is 0.421. The minimum atomic E-state index is -4.42. The van der Waals surface area contributed by atoms with Gasteiger partial charge in [-0.3, -0.25) is 4.79 Å². The first kappa shape index (κ1) is 19.1. The molecular weight excluding hydrogens is 357 g/mol. The molecule has 2 heterocycles. The number of benzene rings is 1. The first-order valence-electron chi connectivity index (χ1n) is 8.96. The highest BCUT2D eigenvalue weighted by Crippen LogP contribution is 2.31. The maximum Gasteiger partial charge on any atom is 0.416 e. The summed E-state index contributed by atoms with van der Waals surface area (Å²) >= 11 is 0. The number of anilines is 2. The lowest BCUT2D eigenvalue weighted by atomic mass is 9.99. The molecule has 1 aromatic heterocycles. The molecule has 8 heteroatoms. The second-order valence-electron chi connectivity index (χ2n) is 6.56. The highest BCUT2D eigenvalue weighted by Gasteiger charge is 2.30. The SMILES string of the molecule is CCC1CCCCN1C(=O)c1cnc(Nc2cccc(C(F)(F)F)c2)nc1. The number of nitrogens with one attached hydrogen (secondary N) is 1. The van der Waals surface area contributed by atoms with Gasteiger partial charge in [0, 0.05) is 30.7 Å². The van der Waals surface area contributed by atoms with Gasteiger partial charge in [-0.2, -0.15) is 13.2 Å². The van der Waals surface area contributed by atoms with Crippen molar-refractivity contribution in [2.24, 2.45) is 0 Å². The molecule has 1 aliphatic rings. The summed E-state index contributed by atoms with van der Waals surface area (Å²) < 4.78 is 38.4. The number of nitrogens with zero attached hydrogens (tertiary/aromatic N) is 3. The van der Waals surface area contributed by atoms with Gasteiger partial charge in [-0.15, -0.1) is 0 Å². The minimum Gasteiger partial charge on any atom is -0.336 e. The predicted octanol–water partition coefficient (Wildman–Crippen LogP) is 4.64. The van der Waals surface area contributed by atoms with Crippen LogP contribution < -0.4 is 5.32 Å². The average molecular weight is 378 g/mol. The quantitative estimate of drug-likeness (QED) is 0.842. The first-order chi connectivity index (χ1) is 12.9. The van der Waals surface area contributed by atoms with E-state index in [1.807, 2.05) is 4.90 Å². The Hall–Kier alpha value is -2.64. The van der Waals surface area contributed by atoms with Gasteiger partial charge in [0.25, 0.3) is 5.91 Å². The van der Waals surface area contributed by atoms with Crippen LogP contribution in [0.5, 0.6) is 0 Å². The monoisotopic (exact) mass is 378 g/mol. The maximum absolute atomic E-state index is 12.8. The van der Waals surface area contributed by atoms with Gasteiger partial charge in [0.05, 0.1) is 11.1 Å². The highest BCUT2D eigenvalue weighted by molar-refractivity contribution is 5.94. The third-order valence-corrected chi connectivity index (χ3v) is 4.70. The van der Waals surface area contributed by atoms with Crippen LogP contribution in [0, 0.1) is 0 Å². The number of hydrogen-bond donors (Lipinski definition) is 1. The number of hydrogen-bond acceptors (Lipinski definition) is 4. The van der Waals surface area contributed by atoms with Crippen molar-refractivity contribution in [3.05, 3.63) is 47.8 Å². The summed E-state index contributed by atoms with van der Waals surface area (Å²) in [7, 11) is 0. The Bertz CT molecular complexity index is 792. The van der Waals surface area contributed by atoms with Gasteiger partial charge in [0.1, 0.15) is 0 Å². The van der Waals surface area contributed by atoms with E-state index in [0.717, 1.165) is 44.4 Å². The van der Waals surface area contributed by atoms with E-state index in [-0.39, 0.29) is 23.6 Å². The number of halogens is 3. The number of likely N-dealkylation sites (tertiary alicyclic amines) is 1. The third-order valence-electron chi connectivity index (χ3n) is 4.70. The lowest BCUT2D eigenvalue weighted by Gasteiger charge is -2.35. The number of carbonyl (C=O) groups is 1.